The van der Waals surface area contributed by atoms with E-state index in [1.807, 2.05) is 0 Å². The van der Waals surface area contributed by atoms with Crippen LogP contribution in [0.15, 0.2) is 0 Å². The van der Waals surface area contributed by atoms with Crippen molar-refractivity contribution in [2.75, 3.05) is 6.61 Å². The van der Waals surface area contributed by atoms with Crippen molar-refractivity contribution in [2.45, 2.75) is 32.5 Å². The largest absolute Gasteiger partial charge is 0.394 e. The Labute approximate surface area is 55.8 Å². The molecule has 1 fully saturated rings. The van der Waals surface area contributed by atoms with Crippen LogP contribution in [0.3, 0.4) is 0 Å². The quantitative estimate of drug-likeness (QED) is 0.568. The minimum atomic E-state index is 0.106. The summed E-state index contributed by atoms with van der Waals surface area (Å²) in [4.78, 5) is 0. The zero-order valence-electron chi connectivity index (χ0n) is 6.00. The van der Waals surface area contributed by atoms with E-state index in [1.54, 1.807) is 0 Å². The third kappa shape index (κ3) is 1.43. The second-order valence-corrected chi connectivity index (χ2v) is 2.86. The zero-order valence-corrected chi connectivity index (χ0v) is 6.00. The van der Waals surface area contributed by atoms with Crippen molar-refractivity contribution in [3.05, 3.63) is 0 Å². The van der Waals surface area contributed by atoms with Gasteiger partial charge >= 0.3 is 0 Å². The highest BCUT2D eigenvalue weighted by molar-refractivity contribution is 4.75. The number of hydrogen-bond donors (Lipinski definition) is 1. The molecule has 54 valence electrons. The van der Waals surface area contributed by atoms with Crippen LogP contribution < -0.4 is 0 Å². The first kappa shape index (κ1) is 7.03. The maximum atomic E-state index is 8.68. The van der Waals surface area contributed by atoms with Crippen LogP contribution in [-0.4, -0.2) is 23.9 Å². The Hall–Kier alpha value is -0.0800. The summed E-state index contributed by atoms with van der Waals surface area (Å²) >= 11 is 0. The van der Waals surface area contributed by atoms with Gasteiger partial charge in [-0.1, -0.05) is 6.92 Å². The molecular formula is C7H14O2. The molecule has 3 atom stereocenters. The van der Waals surface area contributed by atoms with Gasteiger partial charge in [-0.3, -0.25) is 0 Å². The summed E-state index contributed by atoms with van der Waals surface area (Å²) in [6.45, 7) is 4.38. The maximum absolute atomic E-state index is 8.68. The molecule has 0 aromatic carbocycles. The minimum Gasteiger partial charge on any atom is -0.394 e. The monoisotopic (exact) mass is 130 g/mol. The van der Waals surface area contributed by atoms with Crippen LogP contribution in [0, 0.1) is 5.92 Å². The summed E-state index contributed by atoms with van der Waals surface area (Å²) < 4.78 is 5.37. The van der Waals surface area contributed by atoms with Gasteiger partial charge in [-0.2, -0.15) is 0 Å². The van der Waals surface area contributed by atoms with Crippen LogP contribution in [-0.2, 0) is 4.74 Å². The Balaban J connectivity index is 2.35. The van der Waals surface area contributed by atoms with Crippen LogP contribution in [0.1, 0.15) is 20.3 Å². The molecule has 1 rings (SSSR count). The standard InChI is InChI=1S/C7H14O2/c1-5-3-7(4-8)9-6(5)2/h5-8H,3-4H2,1-2H3/t5-,6?,7+/m1/s1. The highest BCUT2D eigenvalue weighted by Crippen LogP contribution is 2.24. The van der Waals surface area contributed by atoms with Crippen molar-refractivity contribution in [3.63, 3.8) is 0 Å². The molecule has 0 radical (unpaired) electrons. The van der Waals surface area contributed by atoms with Crippen LogP contribution in [0.5, 0.6) is 0 Å². The highest BCUT2D eigenvalue weighted by Gasteiger charge is 2.27. The molecule has 0 amide bonds. The molecule has 9 heavy (non-hydrogen) atoms. The van der Waals surface area contributed by atoms with E-state index < -0.39 is 0 Å². The van der Waals surface area contributed by atoms with Crippen LogP contribution >= 0.6 is 0 Å². The van der Waals surface area contributed by atoms with Crippen LogP contribution in [0.4, 0.5) is 0 Å². The predicted molar refractivity (Wildman–Crippen MR) is 35.2 cm³/mol. The Bertz CT molecular complexity index is 82.9. The molecule has 0 aromatic heterocycles. The molecule has 2 heteroatoms. The summed E-state index contributed by atoms with van der Waals surface area (Å²) in [6.07, 6.45) is 1.45. The molecule has 0 aromatic rings. The normalized spacial score (nSPS) is 43.7. The molecule has 2 nitrogen and oxygen atoms in total. The fraction of sp³-hybridized carbons (Fsp3) is 1.00. The van der Waals surface area contributed by atoms with Gasteiger partial charge in [0.1, 0.15) is 0 Å². The predicted octanol–water partition coefficient (Wildman–Crippen LogP) is 0.792. The van der Waals surface area contributed by atoms with Crippen molar-refractivity contribution >= 4 is 0 Å². The Morgan fingerprint density at radius 3 is 2.44 bits per heavy atom. The van der Waals surface area contributed by atoms with Gasteiger partial charge in [-0.05, 0) is 19.3 Å². The lowest BCUT2D eigenvalue weighted by Gasteiger charge is -2.06. The average Bonchev–Trinajstić information content (AvgIpc) is 2.13. The number of aliphatic hydroxyl groups excluding tert-OH is 1. The number of rotatable bonds is 1. The second kappa shape index (κ2) is 2.67. The lowest BCUT2D eigenvalue weighted by molar-refractivity contribution is 0.0150. The van der Waals surface area contributed by atoms with Crippen molar-refractivity contribution in [2.24, 2.45) is 5.92 Å². The smallest absolute Gasteiger partial charge is 0.0813 e. The van der Waals surface area contributed by atoms with Gasteiger partial charge in [0.15, 0.2) is 0 Å². The van der Waals surface area contributed by atoms with Gasteiger partial charge in [0.25, 0.3) is 0 Å². The van der Waals surface area contributed by atoms with E-state index in [9.17, 15) is 0 Å². The number of aliphatic hydroxyl groups is 1. The van der Waals surface area contributed by atoms with Crippen molar-refractivity contribution < 1.29 is 9.84 Å². The van der Waals surface area contributed by atoms with Gasteiger partial charge in [0.2, 0.25) is 0 Å². The first-order chi connectivity index (χ1) is 4.24. The van der Waals surface area contributed by atoms with E-state index in [4.69, 9.17) is 9.84 Å². The topological polar surface area (TPSA) is 29.5 Å². The van der Waals surface area contributed by atoms with Gasteiger partial charge in [0.05, 0.1) is 18.8 Å². The van der Waals surface area contributed by atoms with Crippen molar-refractivity contribution in [3.8, 4) is 0 Å². The summed E-state index contributed by atoms with van der Waals surface area (Å²) in [5.41, 5.74) is 0. The molecule has 1 aliphatic rings. The van der Waals surface area contributed by atoms with Gasteiger partial charge in [0, 0.05) is 0 Å². The average molecular weight is 130 g/mol. The molecular weight excluding hydrogens is 116 g/mol. The maximum Gasteiger partial charge on any atom is 0.0813 e. The molecule has 1 unspecified atom stereocenters. The van der Waals surface area contributed by atoms with E-state index in [0.717, 1.165) is 6.42 Å². The SMILES string of the molecule is CC1O[C@H](CO)C[C@H]1C. The Kier molecular flexibility index (Phi) is 2.09. The molecule has 1 aliphatic heterocycles. The minimum absolute atomic E-state index is 0.106. The van der Waals surface area contributed by atoms with Crippen LogP contribution in [0.25, 0.3) is 0 Å². The summed E-state index contributed by atoms with van der Waals surface area (Å²) in [5.74, 6) is 0.613. The molecule has 1 saturated heterocycles. The van der Waals surface area contributed by atoms with Crippen LogP contribution in [0.2, 0.25) is 0 Å². The fourth-order valence-electron chi connectivity index (χ4n) is 1.22. The molecule has 0 spiro atoms. The Morgan fingerprint density at radius 2 is 2.22 bits per heavy atom. The zero-order chi connectivity index (χ0) is 6.85. The third-order valence-electron chi connectivity index (χ3n) is 2.05. The first-order valence-electron chi connectivity index (χ1n) is 3.50. The van der Waals surface area contributed by atoms with Crippen molar-refractivity contribution in [1.29, 1.82) is 0 Å². The molecule has 1 N–H and O–H groups in total. The van der Waals surface area contributed by atoms with Gasteiger partial charge in [-0.25, -0.2) is 0 Å². The molecule has 1 heterocycles. The fourth-order valence-corrected chi connectivity index (χ4v) is 1.22. The Morgan fingerprint density at radius 1 is 1.56 bits per heavy atom. The summed E-state index contributed by atoms with van der Waals surface area (Å²) in [7, 11) is 0. The molecule has 0 saturated carbocycles. The molecule has 0 bridgehead atoms. The van der Waals surface area contributed by atoms with Crippen molar-refractivity contribution in [1.82, 2.24) is 0 Å². The summed E-state index contributed by atoms with van der Waals surface area (Å²) in [5, 5.41) is 8.68. The van der Waals surface area contributed by atoms with Gasteiger partial charge < -0.3 is 9.84 Å². The lowest BCUT2D eigenvalue weighted by Crippen LogP contribution is -2.12. The second-order valence-electron chi connectivity index (χ2n) is 2.86. The molecule has 0 aliphatic carbocycles. The number of hydrogen-bond acceptors (Lipinski definition) is 2. The highest BCUT2D eigenvalue weighted by atomic mass is 16.5. The van der Waals surface area contributed by atoms with E-state index in [2.05, 4.69) is 13.8 Å². The summed E-state index contributed by atoms with van der Waals surface area (Å²) in [6, 6.07) is 0. The van der Waals surface area contributed by atoms with Gasteiger partial charge in [-0.15, -0.1) is 0 Å². The number of ether oxygens (including phenoxy) is 1. The lowest BCUT2D eigenvalue weighted by atomic mass is 10.0. The van der Waals surface area contributed by atoms with E-state index in [1.165, 1.54) is 0 Å². The first-order valence-corrected chi connectivity index (χ1v) is 3.50. The van der Waals surface area contributed by atoms with E-state index in [0.29, 0.717) is 12.0 Å². The third-order valence-corrected chi connectivity index (χ3v) is 2.05. The van der Waals surface area contributed by atoms with E-state index >= 15 is 0 Å². The van der Waals surface area contributed by atoms with E-state index in [-0.39, 0.29) is 12.7 Å².